The summed E-state index contributed by atoms with van der Waals surface area (Å²) in [6.45, 7) is 5.07. The Balaban J connectivity index is 1.35. The molecule has 2 aromatic carbocycles. The van der Waals surface area contributed by atoms with Gasteiger partial charge in [-0.15, -0.1) is 0 Å². The van der Waals surface area contributed by atoms with E-state index in [4.69, 9.17) is 4.74 Å². The van der Waals surface area contributed by atoms with Gasteiger partial charge in [-0.1, -0.05) is 6.42 Å². The summed E-state index contributed by atoms with van der Waals surface area (Å²) in [4.78, 5) is 25.1. The predicted molar refractivity (Wildman–Crippen MR) is 139 cm³/mol. The molecule has 0 bridgehead atoms. The molecule has 2 aliphatic rings. The van der Waals surface area contributed by atoms with Gasteiger partial charge < -0.3 is 4.74 Å². The molecule has 2 aliphatic heterocycles. The summed E-state index contributed by atoms with van der Waals surface area (Å²) in [5, 5.41) is 0. The molecule has 13 heteroatoms. The van der Waals surface area contributed by atoms with Crippen LogP contribution in [0.15, 0.2) is 58.3 Å². The Bertz CT molecular complexity index is 1360. The van der Waals surface area contributed by atoms with Crippen LogP contribution in [0.5, 0.6) is 0 Å². The molecule has 4 rings (SSSR count). The molecule has 38 heavy (non-hydrogen) atoms. The van der Waals surface area contributed by atoms with E-state index in [1.807, 2.05) is 13.8 Å². The van der Waals surface area contributed by atoms with Gasteiger partial charge in [-0.25, -0.2) is 16.8 Å². The predicted octanol–water partition coefficient (Wildman–Crippen LogP) is 1.73. The van der Waals surface area contributed by atoms with Gasteiger partial charge in [-0.2, -0.15) is 8.61 Å². The number of ether oxygens (including phenoxy) is 1. The quantitative estimate of drug-likeness (QED) is 0.509. The number of carbonyl (C=O) groups excluding carboxylic acids is 2. The highest BCUT2D eigenvalue weighted by molar-refractivity contribution is 7.89. The first-order valence-electron chi connectivity index (χ1n) is 12.4. The lowest BCUT2D eigenvalue weighted by Gasteiger charge is -2.34. The maximum Gasteiger partial charge on any atom is 0.269 e. The third-order valence-corrected chi connectivity index (χ3v) is 10.3. The fraction of sp³-hybridized carbons (Fsp3) is 0.440. The van der Waals surface area contributed by atoms with Gasteiger partial charge in [0.15, 0.2) is 0 Å². The Morgan fingerprint density at radius 2 is 1.08 bits per heavy atom. The van der Waals surface area contributed by atoms with E-state index < -0.39 is 31.9 Å². The van der Waals surface area contributed by atoms with E-state index in [1.165, 1.54) is 57.1 Å². The fourth-order valence-corrected chi connectivity index (χ4v) is 7.65. The maximum absolute atomic E-state index is 13.0. The maximum atomic E-state index is 13.0. The van der Waals surface area contributed by atoms with Crippen LogP contribution >= 0.6 is 0 Å². The topological polar surface area (TPSA) is 142 Å². The van der Waals surface area contributed by atoms with Crippen LogP contribution in [0, 0.1) is 0 Å². The van der Waals surface area contributed by atoms with Gasteiger partial charge in [-0.05, 0) is 75.2 Å². The first kappa shape index (κ1) is 28.2. The molecule has 0 aliphatic carbocycles. The SMILES string of the molecule is CC1CN(S(=O)(=O)c2ccc(C(=O)NNC(=O)c3ccc(S(=O)(=O)N4CCCCC4)cc3)cc2)CC(C)O1. The minimum absolute atomic E-state index is 0.0546. The number of sulfonamides is 2. The molecule has 0 radical (unpaired) electrons. The van der Waals surface area contributed by atoms with Crippen molar-refractivity contribution >= 4 is 31.9 Å². The molecule has 11 nitrogen and oxygen atoms in total. The highest BCUT2D eigenvalue weighted by Crippen LogP contribution is 2.22. The van der Waals surface area contributed by atoms with Gasteiger partial charge in [-0.3, -0.25) is 20.4 Å². The molecule has 0 spiro atoms. The van der Waals surface area contributed by atoms with E-state index in [-0.39, 0.29) is 46.2 Å². The van der Waals surface area contributed by atoms with Crippen LogP contribution in [-0.4, -0.2) is 75.6 Å². The van der Waals surface area contributed by atoms with Crippen molar-refractivity contribution in [3.63, 3.8) is 0 Å². The van der Waals surface area contributed by atoms with E-state index in [0.29, 0.717) is 13.1 Å². The number of rotatable bonds is 6. The average Bonchev–Trinajstić information content (AvgIpc) is 2.91. The van der Waals surface area contributed by atoms with Crippen LogP contribution in [0.2, 0.25) is 0 Å². The standard InChI is InChI=1S/C25H32N4O7S2/c1-18-16-29(17-19(2)36-18)38(34,35)23-12-8-21(9-13-23)25(31)27-26-24(30)20-6-10-22(11-7-20)37(32,33)28-14-4-3-5-15-28/h6-13,18-19H,3-5,14-17H2,1-2H3,(H,26,30)(H,27,31). The Hall–Kier alpha value is -2.84. The van der Waals surface area contributed by atoms with Crippen LogP contribution in [0.3, 0.4) is 0 Å². The van der Waals surface area contributed by atoms with Gasteiger partial charge in [0.25, 0.3) is 11.8 Å². The normalized spacial score (nSPS) is 21.5. The van der Waals surface area contributed by atoms with E-state index >= 15 is 0 Å². The number of hydrazine groups is 1. The van der Waals surface area contributed by atoms with Gasteiger partial charge >= 0.3 is 0 Å². The van der Waals surface area contributed by atoms with Crippen molar-refractivity contribution in [1.82, 2.24) is 19.5 Å². The molecular formula is C25H32N4O7S2. The molecule has 0 aromatic heterocycles. The molecule has 2 saturated heterocycles. The highest BCUT2D eigenvalue weighted by Gasteiger charge is 2.32. The van der Waals surface area contributed by atoms with Gasteiger partial charge in [0.05, 0.1) is 22.0 Å². The van der Waals surface area contributed by atoms with Crippen molar-refractivity contribution in [2.75, 3.05) is 26.2 Å². The second-order valence-electron chi connectivity index (χ2n) is 9.50. The number of nitrogens with one attached hydrogen (secondary N) is 2. The third-order valence-electron chi connectivity index (χ3n) is 6.50. The number of hydrogen-bond acceptors (Lipinski definition) is 7. The number of piperidine rings is 1. The number of carbonyl (C=O) groups is 2. The van der Waals surface area contributed by atoms with Gasteiger partial charge in [0.2, 0.25) is 20.0 Å². The zero-order chi connectivity index (χ0) is 27.5. The lowest BCUT2D eigenvalue weighted by Crippen LogP contribution is -2.48. The van der Waals surface area contributed by atoms with Crippen LogP contribution in [0.1, 0.15) is 53.8 Å². The molecule has 2 fully saturated rings. The molecule has 2 aromatic rings. The number of amides is 2. The summed E-state index contributed by atoms with van der Waals surface area (Å²) in [5.41, 5.74) is 4.89. The largest absolute Gasteiger partial charge is 0.373 e. The zero-order valence-corrected chi connectivity index (χ0v) is 22.9. The number of morpholine rings is 1. The molecule has 2 amide bonds. The van der Waals surface area contributed by atoms with Crippen molar-refractivity contribution in [1.29, 1.82) is 0 Å². The lowest BCUT2D eigenvalue weighted by molar-refractivity contribution is -0.0440. The van der Waals surface area contributed by atoms with E-state index in [1.54, 1.807) is 0 Å². The minimum atomic E-state index is -3.75. The monoisotopic (exact) mass is 564 g/mol. The van der Waals surface area contributed by atoms with Crippen molar-refractivity contribution in [2.24, 2.45) is 0 Å². The third kappa shape index (κ3) is 6.24. The summed E-state index contributed by atoms with van der Waals surface area (Å²) >= 11 is 0. The summed E-state index contributed by atoms with van der Waals surface area (Å²) in [6, 6.07) is 10.9. The average molecular weight is 565 g/mol. The molecule has 206 valence electrons. The molecule has 0 saturated carbocycles. The van der Waals surface area contributed by atoms with Gasteiger partial charge in [0, 0.05) is 37.3 Å². The summed E-state index contributed by atoms with van der Waals surface area (Å²) in [5.74, 6) is -1.27. The number of benzene rings is 2. The summed E-state index contributed by atoms with van der Waals surface area (Å²) in [7, 11) is -7.36. The fourth-order valence-electron chi connectivity index (χ4n) is 4.54. The van der Waals surface area contributed by atoms with Crippen molar-refractivity contribution in [3.8, 4) is 0 Å². The Kier molecular flexibility index (Phi) is 8.52. The van der Waals surface area contributed by atoms with E-state index in [0.717, 1.165) is 19.3 Å². The van der Waals surface area contributed by atoms with Crippen molar-refractivity contribution < 1.29 is 31.2 Å². The van der Waals surface area contributed by atoms with E-state index in [2.05, 4.69) is 10.9 Å². The Labute approximate surface area is 223 Å². The number of hydrogen-bond donors (Lipinski definition) is 2. The Morgan fingerprint density at radius 3 is 1.50 bits per heavy atom. The molecule has 2 N–H and O–H groups in total. The van der Waals surface area contributed by atoms with Gasteiger partial charge in [0.1, 0.15) is 0 Å². The van der Waals surface area contributed by atoms with Crippen molar-refractivity contribution in [3.05, 3.63) is 59.7 Å². The first-order chi connectivity index (χ1) is 18.0. The minimum Gasteiger partial charge on any atom is -0.373 e. The molecule has 2 unspecified atom stereocenters. The molecular weight excluding hydrogens is 532 g/mol. The van der Waals surface area contributed by atoms with Crippen LogP contribution in [-0.2, 0) is 24.8 Å². The molecule has 2 heterocycles. The van der Waals surface area contributed by atoms with Crippen LogP contribution < -0.4 is 10.9 Å². The van der Waals surface area contributed by atoms with E-state index in [9.17, 15) is 26.4 Å². The second-order valence-corrected chi connectivity index (χ2v) is 13.4. The lowest BCUT2D eigenvalue weighted by atomic mass is 10.2. The first-order valence-corrected chi connectivity index (χ1v) is 15.3. The number of nitrogens with zero attached hydrogens (tertiary/aromatic N) is 2. The van der Waals surface area contributed by atoms with Crippen LogP contribution in [0.25, 0.3) is 0 Å². The zero-order valence-electron chi connectivity index (χ0n) is 21.3. The summed E-state index contributed by atoms with van der Waals surface area (Å²) in [6.07, 6.45) is 2.21. The molecule has 2 atom stereocenters. The van der Waals surface area contributed by atoms with Crippen molar-refractivity contribution in [2.45, 2.75) is 55.1 Å². The second kappa shape index (κ2) is 11.5. The highest BCUT2D eigenvalue weighted by atomic mass is 32.2. The summed E-state index contributed by atoms with van der Waals surface area (Å²) < 4.78 is 59.9. The smallest absolute Gasteiger partial charge is 0.269 e. The van der Waals surface area contributed by atoms with Crippen LogP contribution in [0.4, 0.5) is 0 Å². The Morgan fingerprint density at radius 1 is 0.684 bits per heavy atom.